The summed E-state index contributed by atoms with van der Waals surface area (Å²) >= 11 is 0. The molecule has 18 heavy (non-hydrogen) atoms. The van der Waals surface area contributed by atoms with Crippen LogP contribution in [0.2, 0.25) is 0 Å². The van der Waals surface area contributed by atoms with E-state index in [1.54, 1.807) is 6.07 Å². The van der Waals surface area contributed by atoms with Crippen LogP contribution in [0.1, 0.15) is 50.6 Å². The molecule has 0 saturated heterocycles. The minimum atomic E-state index is -0.235. The quantitative estimate of drug-likeness (QED) is 0.826. The molecule has 1 fully saturated rings. The fourth-order valence-corrected chi connectivity index (χ4v) is 3.51. The molecule has 0 radical (unpaired) electrons. The van der Waals surface area contributed by atoms with Gasteiger partial charge in [0.15, 0.2) is 0 Å². The van der Waals surface area contributed by atoms with Crippen LogP contribution in [-0.4, -0.2) is 5.60 Å². The van der Waals surface area contributed by atoms with Crippen LogP contribution in [0.3, 0.4) is 0 Å². The van der Waals surface area contributed by atoms with Gasteiger partial charge in [0, 0.05) is 18.0 Å². The maximum Gasteiger partial charge on any atom is 0.125 e. The number of nitrogens with two attached hydrogens (primary N) is 1. The van der Waals surface area contributed by atoms with E-state index in [0.29, 0.717) is 0 Å². The molecule has 1 aliphatic carbocycles. The van der Waals surface area contributed by atoms with Gasteiger partial charge in [-0.2, -0.15) is 0 Å². The first kappa shape index (κ1) is 12.0. The summed E-state index contributed by atoms with van der Waals surface area (Å²) in [6.07, 6.45) is 5.42. The van der Waals surface area contributed by atoms with Gasteiger partial charge >= 0.3 is 0 Å². The Morgan fingerprint density at radius 2 is 2.28 bits per heavy atom. The van der Waals surface area contributed by atoms with Crippen LogP contribution >= 0.6 is 0 Å². The van der Waals surface area contributed by atoms with Crippen molar-refractivity contribution in [3.63, 3.8) is 0 Å². The molecule has 3 heteroatoms. The second-order valence-corrected chi connectivity index (χ2v) is 5.79. The summed E-state index contributed by atoms with van der Waals surface area (Å²) in [4.78, 5) is 0. The Morgan fingerprint density at radius 3 is 3.00 bits per heavy atom. The maximum atomic E-state index is 13.2. The molecule has 2 aliphatic rings. The zero-order valence-corrected chi connectivity index (χ0v) is 10.8. The summed E-state index contributed by atoms with van der Waals surface area (Å²) in [6, 6.07) is 4.60. The second kappa shape index (κ2) is 4.23. The topological polar surface area (TPSA) is 35.2 Å². The van der Waals surface area contributed by atoms with Gasteiger partial charge in [0.05, 0.1) is 0 Å². The van der Waals surface area contributed by atoms with E-state index in [9.17, 15) is 4.39 Å². The predicted octanol–water partition coefficient (Wildman–Crippen LogP) is 3.56. The van der Waals surface area contributed by atoms with Gasteiger partial charge in [0.1, 0.15) is 17.2 Å². The SMILES string of the molecule is CCC1CCC2(C1)CC(N)c1cc(F)ccc1O2. The monoisotopic (exact) mass is 249 g/mol. The van der Waals surface area contributed by atoms with E-state index in [-0.39, 0.29) is 17.5 Å². The third-order valence-corrected chi connectivity index (χ3v) is 4.54. The Kier molecular flexibility index (Phi) is 2.81. The number of ether oxygens (including phenoxy) is 1. The van der Waals surface area contributed by atoms with Crippen molar-refractivity contribution in [3.05, 3.63) is 29.6 Å². The standard InChI is InChI=1S/C15H20FNO/c1-2-10-5-6-15(8-10)9-13(17)12-7-11(16)3-4-14(12)18-15/h3-4,7,10,13H,2,5-6,8-9,17H2,1H3. The molecule has 1 aliphatic heterocycles. The first-order chi connectivity index (χ1) is 8.62. The van der Waals surface area contributed by atoms with Gasteiger partial charge in [0.25, 0.3) is 0 Å². The predicted molar refractivity (Wildman–Crippen MR) is 68.9 cm³/mol. The number of hydrogen-bond acceptors (Lipinski definition) is 2. The zero-order chi connectivity index (χ0) is 12.8. The lowest BCUT2D eigenvalue weighted by atomic mass is 9.85. The first-order valence-corrected chi connectivity index (χ1v) is 6.86. The van der Waals surface area contributed by atoms with E-state index in [1.807, 2.05) is 0 Å². The van der Waals surface area contributed by atoms with Crippen molar-refractivity contribution >= 4 is 0 Å². The summed E-state index contributed by atoms with van der Waals surface area (Å²) in [5, 5.41) is 0. The molecule has 2 nitrogen and oxygen atoms in total. The molecule has 3 unspecified atom stereocenters. The first-order valence-electron chi connectivity index (χ1n) is 6.86. The van der Waals surface area contributed by atoms with Crippen LogP contribution in [0, 0.1) is 11.7 Å². The van der Waals surface area contributed by atoms with E-state index in [1.165, 1.54) is 25.0 Å². The average molecular weight is 249 g/mol. The fraction of sp³-hybridized carbons (Fsp3) is 0.600. The van der Waals surface area contributed by atoms with Crippen LogP contribution in [-0.2, 0) is 0 Å². The molecule has 2 N–H and O–H groups in total. The third-order valence-electron chi connectivity index (χ3n) is 4.54. The Labute approximate surface area is 107 Å². The highest BCUT2D eigenvalue weighted by atomic mass is 19.1. The van der Waals surface area contributed by atoms with Gasteiger partial charge in [-0.05, 0) is 43.4 Å². The molecule has 0 aromatic heterocycles. The molecule has 98 valence electrons. The molecule has 1 spiro atoms. The van der Waals surface area contributed by atoms with Crippen LogP contribution in [0.4, 0.5) is 4.39 Å². The summed E-state index contributed by atoms with van der Waals surface area (Å²) in [6.45, 7) is 2.23. The highest BCUT2D eigenvalue weighted by molar-refractivity contribution is 5.39. The van der Waals surface area contributed by atoms with Crippen LogP contribution < -0.4 is 10.5 Å². The zero-order valence-electron chi connectivity index (χ0n) is 10.8. The van der Waals surface area contributed by atoms with E-state index >= 15 is 0 Å². The minimum Gasteiger partial charge on any atom is -0.487 e. The average Bonchev–Trinajstić information content (AvgIpc) is 2.73. The van der Waals surface area contributed by atoms with Crippen molar-refractivity contribution in [2.24, 2.45) is 11.7 Å². The normalized spacial score (nSPS) is 34.4. The highest BCUT2D eigenvalue weighted by Crippen LogP contribution is 2.48. The Balaban J connectivity index is 1.90. The summed E-state index contributed by atoms with van der Waals surface area (Å²) in [7, 11) is 0. The van der Waals surface area contributed by atoms with Crippen molar-refractivity contribution in [2.75, 3.05) is 0 Å². The van der Waals surface area contributed by atoms with Crippen molar-refractivity contribution in [2.45, 2.75) is 50.7 Å². The number of benzene rings is 1. The smallest absolute Gasteiger partial charge is 0.125 e. The van der Waals surface area contributed by atoms with E-state index < -0.39 is 0 Å². The van der Waals surface area contributed by atoms with Gasteiger partial charge in [-0.3, -0.25) is 0 Å². The van der Waals surface area contributed by atoms with Gasteiger partial charge in [-0.1, -0.05) is 13.3 Å². The molecular weight excluding hydrogens is 229 g/mol. The van der Waals surface area contributed by atoms with Crippen molar-refractivity contribution in [1.29, 1.82) is 0 Å². The summed E-state index contributed by atoms with van der Waals surface area (Å²) in [5.41, 5.74) is 6.94. The number of fused-ring (bicyclic) bond motifs is 1. The van der Waals surface area contributed by atoms with Crippen LogP contribution in [0.25, 0.3) is 0 Å². The highest BCUT2D eigenvalue weighted by Gasteiger charge is 2.45. The van der Waals surface area contributed by atoms with Gasteiger partial charge < -0.3 is 10.5 Å². The Bertz CT molecular complexity index is 462. The van der Waals surface area contributed by atoms with Crippen molar-refractivity contribution in [3.8, 4) is 5.75 Å². The Hall–Kier alpha value is -1.09. The van der Waals surface area contributed by atoms with E-state index in [2.05, 4.69) is 6.92 Å². The van der Waals surface area contributed by atoms with Crippen LogP contribution in [0.5, 0.6) is 5.75 Å². The molecule has 3 rings (SSSR count). The lowest BCUT2D eigenvalue weighted by molar-refractivity contribution is 0.0383. The lowest BCUT2D eigenvalue weighted by Crippen LogP contribution is -2.41. The lowest BCUT2D eigenvalue weighted by Gasteiger charge is -2.39. The largest absolute Gasteiger partial charge is 0.487 e. The molecule has 3 atom stereocenters. The molecular formula is C15H20FNO. The molecule has 0 bridgehead atoms. The second-order valence-electron chi connectivity index (χ2n) is 5.79. The van der Waals surface area contributed by atoms with E-state index in [0.717, 1.165) is 36.5 Å². The third kappa shape index (κ3) is 1.91. The molecule has 1 heterocycles. The van der Waals surface area contributed by atoms with Gasteiger partial charge in [-0.15, -0.1) is 0 Å². The van der Waals surface area contributed by atoms with Crippen molar-refractivity contribution in [1.82, 2.24) is 0 Å². The number of hydrogen-bond donors (Lipinski definition) is 1. The summed E-state index contributed by atoms with van der Waals surface area (Å²) < 4.78 is 19.4. The van der Waals surface area contributed by atoms with Crippen LogP contribution in [0.15, 0.2) is 18.2 Å². The molecule has 1 aromatic carbocycles. The van der Waals surface area contributed by atoms with E-state index in [4.69, 9.17) is 10.5 Å². The fourth-order valence-electron chi connectivity index (χ4n) is 3.51. The molecule has 1 saturated carbocycles. The number of rotatable bonds is 1. The van der Waals surface area contributed by atoms with Gasteiger partial charge in [0.2, 0.25) is 0 Å². The number of halogens is 1. The van der Waals surface area contributed by atoms with Crippen molar-refractivity contribution < 1.29 is 9.13 Å². The Morgan fingerprint density at radius 1 is 1.44 bits per heavy atom. The molecule has 1 aromatic rings. The molecule has 0 amide bonds. The van der Waals surface area contributed by atoms with Gasteiger partial charge in [-0.25, -0.2) is 4.39 Å². The summed E-state index contributed by atoms with van der Waals surface area (Å²) in [5.74, 6) is 1.30. The maximum absolute atomic E-state index is 13.2. The minimum absolute atomic E-state index is 0.0923.